The molecule has 13 heavy (non-hydrogen) atoms. The van der Waals surface area contributed by atoms with Crippen LogP contribution in [-0.2, 0) is 0 Å². The van der Waals surface area contributed by atoms with E-state index < -0.39 is 0 Å². The molecule has 1 saturated carbocycles. The highest BCUT2D eigenvalue weighted by molar-refractivity contribution is 7.99. The van der Waals surface area contributed by atoms with Crippen LogP contribution in [0.2, 0.25) is 0 Å². The number of nitrogens with one attached hydrogen (secondary N) is 1. The summed E-state index contributed by atoms with van der Waals surface area (Å²) in [7, 11) is 2.10. The predicted molar refractivity (Wildman–Crippen MR) is 62.5 cm³/mol. The largest absolute Gasteiger partial charge is 0.317 e. The maximum atomic E-state index is 3.41. The molecular weight excluding hydrogens is 178 g/mol. The zero-order valence-corrected chi connectivity index (χ0v) is 9.83. The summed E-state index contributed by atoms with van der Waals surface area (Å²) in [5.74, 6) is 1.37. The highest BCUT2D eigenvalue weighted by atomic mass is 32.2. The van der Waals surface area contributed by atoms with E-state index in [4.69, 9.17) is 0 Å². The number of thioether (sulfide) groups is 1. The van der Waals surface area contributed by atoms with Gasteiger partial charge in [0.1, 0.15) is 0 Å². The van der Waals surface area contributed by atoms with Crippen molar-refractivity contribution in [2.75, 3.05) is 12.8 Å². The molecule has 1 aliphatic rings. The quantitative estimate of drug-likeness (QED) is 0.686. The molecule has 1 rings (SSSR count). The Kier molecular flexibility index (Phi) is 5.88. The van der Waals surface area contributed by atoms with Gasteiger partial charge in [0.15, 0.2) is 0 Å². The Balaban J connectivity index is 2.11. The molecule has 1 nitrogen and oxygen atoms in total. The minimum Gasteiger partial charge on any atom is -0.317 e. The van der Waals surface area contributed by atoms with Crippen LogP contribution in [0.15, 0.2) is 0 Å². The molecule has 0 aromatic carbocycles. The highest BCUT2D eigenvalue weighted by Crippen LogP contribution is 2.28. The monoisotopic (exact) mass is 201 g/mol. The lowest BCUT2D eigenvalue weighted by molar-refractivity contribution is 0.402. The van der Waals surface area contributed by atoms with Gasteiger partial charge in [0.25, 0.3) is 0 Å². The first-order chi connectivity index (χ1) is 6.36. The van der Waals surface area contributed by atoms with E-state index >= 15 is 0 Å². The molecule has 1 N–H and O–H groups in total. The van der Waals surface area contributed by atoms with Crippen molar-refractivity contribution in [3.05, 3.63) is 0 Å². The molecule has 0 spiro atoms. The first-order valence-electron chi connectivity index (χ1n) is 5.65. The topological polar surface area (TPSA) is 12.0 Å². The number of hydrogen-bond acceptors (Lipinski definition) is 2. The lowest BCUT2D eigenvalue weighted by Crippen LogP contribution is -2.32. The Morgan fingerprint density at radius 3 is 2.92 bits per heavy atom. The highest BCUT2D eigenvalue weighted by Gasteiger charge is 2.20. The number of rotatable bonds is 5. The van der Waals surface area contributed by atoms with E-state index in [0.29, 0.717) is 0 Å². The van der Waals surface area contributed by atoms with Crippen LogP contribution < -0.4 is 5.32 Å². The molecule has 0 aromatic rings. The lowest BCUT2D eigenvalue weighted by Gasteiger charge is -2.28. The maximum Gasteiger partial charge on any atom is 0.00746 e. The third kappa shape index (κ3) is 4.37. The first kappa shape index (κ1) is 11.4. The summed E-state index contributed by atoms with van der Waals surface area (Å²) >= 11 is 2.20. The van der Waals surface area contributed by atoms with E-state index in [2.05, 4.69) is 31.1 Å². The predicted octanol–water partition coefficient (Wildman–Crippen LogP) is 3.05. The summed E-state index contributed by atoms with van der Waals surface area (Å²) in [6.07, 6.45) is 8.40. The average Bonchev–Trinajstić information content (AvgIpc) is 2.19. The normalized spacial score (nSPS) is 29.1. The van der Waals surface area contributed by atoms with Crippen molar-refractivity contribution >= 4 is 11.8 Å². The minimum absolute atomic E-state index is 0.799. The van der Waals surface area contributed by atoms with Crippen LogP contribution in [0.1, 0.15) is 45.4 Å². The molecule has 0 heterocycles. The summed E-state index contributed by atoms with van der Waals surface area (Å²) in [4.78, 5) is 0. The van der Waals surface area contributed by atoms with Crippen LogP contribution in [-0.4, -0.2) is 24.1 Å². The molecule has 78 valence electrons. The van der Waals surface area contributed by atoms with Crippen LogP contribution in [0.4, 0.5) is 0 Å². The Bertz CT molecular complexity index is 127. The van der Waals surface area contributed by atoms with Crippen LogP contribution in [0, 0.1) is 0 Å². The molecule has 0 aromatic heterocycles. The van der Waals surface area contributed by atoms with Crippen LogP contribution >= 0.6 is 11.8 Å². The number of unbranched alkanes of at least 4 members (excludes halogenated alkanes) is 1. The fraction of sp³-hybridized carbons (Fsp3) is 1.00. The molecule has 2 atom stereocenters. The summed E-state index contributed by atoms with van der Waals surface area (Å²) in [5, 5.41) is 4.35. The summed E-state index contributed by atoms with van der Waals surface area (Å²) in [6.45, 7) is 2.28. The van der Waals surface area contributed by atoms with E-state index in [1.165, 1.54) is 44.3 Å². The van der Waals surface area contributed by atoms with Gasteiger partial charge >= 0.3 is 0 Å². The molecule has 2 unspecified atom stereocenters. The van der Waals surface area contributed by atoms with Crippen molar-refractivity contribution in [3.8, 4) is 0 Å². The third-order valence-corrected chi connectivity index (χ3v) is 4.31. The van der Waals surface area contributed by atoms with Gasteiger partial charge in [-0.3, -0.25) is 0 Å². The fourth-order valence-electron chi connectivity index (χ4n) is 1.95. The van der Waals surface area contributed by atoms with Crippen molar-refractivity contribution in [2.24, 2.45) is 0 Å². The zero-order chi connectivity index (χ0) is 9.52. The Morgan fingerprint density at radius 1 is 1.38 bits per heavy atom. The van der Waals surface area contributed by atoms with Crippen molar-refractivity contribution in [1.29, 1.82) is 0 Å². The van der Waals surface area contributed by atoms with Gasteiger partial charge < -0.3 is 5.32 Å². The molecular formula is C11H23NS. The van der Waals surface area contributed by atoms with Crippen molar-refractivity contribution in [1.82, 2.24) is 5.32 Å². The first-order valence-corrected chi connectivity index (χ1v) is 6.70. The number of hydrogen-bond donors (Lipinski definition) is 1. The van der Waals surface area contributed by atoms with Crippen LogP contribution in [0.3, 0.4) is 0 Å². The van der Waals surface area contributed by atoms with Gasteiger partial charge in [0.2, 0.25) is 0 Å². The van der Waals surface area contributed by atoms with Gasteiger partial charge in [0.05, 0.1) is 0 Å². The van der Waals surface area contributed by atoms with Gasteiger partial charge in [-0.15, -0.1) is 0 Å². The molecule has 1 fully saturated rings. The molecule has 2 heteroatoms. The summed E-state index contributed by atoms with van der Waals surface area (Å²) in [6, 6.07) is 0.799. The van der Waals surface area contributed by atoms with Crippen LogP contribution in [0.25, 0.3) is 0 Å². The Labute approximate surface area is 87.1 Å². The van der Waals surface area contributed by atoms with E-state index in [0.717, 1.165) is 11.3 Å². The second kappa shape index (κ2) is 6.72. The molecule has 1 aliphatic carbocycles. The molecule has 0 bridgehead atoms. The van der Waals surface area contributed by atoms with Crippen molar-refractivity contribution in [3.63, 3.8) is 0 Å². The SMILES string of the molecule is CCCCSC1CCCC(NC)C1. The zero-order valence-electron chi connectivity index (χ0n) is 9.01. The van der Waals surface area contributed by atoms with E-state index in [-0.39, 0.29) is 0 Å². The van der Waals surface area contributed by atoms with Gasteiger partial charge in [0, 0.05) is 11.3 Å². The van der Waals surface area contributed by atoms with E-state index in [1.807, 2.05) is 0 Å². The molecule has 0 saturated heterocycles. The van der Waals surface area contributed by atoms with Crippen LogP contribution in [0.5, 0.6) is 0 Å². The van der Waals surface area contributed by atoms with E-state index in [9.17, 15) is 0 Å². The standard InChI is InChI=1S/C11H23NS/c1-3-4-8-13-11-7-5-6-10(9-11)12-2/h10-12H,3-9H2,1-2H3. The van der Waals surface area contributed by atoms with Crippen molar-refractivity contribution < 1.29 is 0 Å². The maximum absolute atomic E-state index is 3.41. The second-order valence-corrected chi connectivity index (χ2v) is 5.41. The second-order valence-electron chi connectivity index (χ2n) is 4.00. The smallest absolute Gasteiger partial charge is 0.00746 e. The molecule has 0 radical (unpaired) electrons. The summed E-state index contributed by atoms with van der Waals surface area (Å²) < 4.78 is 0. The van der Waals surface area contributed by atoms with Gasteiger partial charge in [-0.05, 0) is 38.5 Å². The average molecular weight is 201 g/mol. The van der Waals surface area contributed by atoms with Gasteiger partial charge in [-0.1, -0.05) is 19.8 Å². The fourth-order valence-corrected chi connectivity index (χ4v) is 3.44. The van der Waals surface area contributed by atoms with Gasteiger partial charge in [-0.2, -0.15) is 11.8 Å². The molecule has 0 amide bonds. The lowest BCUT2D eigenvalue weighted by atomic mass is 9.95. The van der Waals surface area contributed by atoms with Gasteiger partial charge in [-0.25, -0.2) is 0 Å². The van der Waals surface area contributed by atoms with Crippen molar-refractivity contribution in [2.45, 2.75) is 56.7 Å². The third-order valence-electron chi connectivity index (χ3n) is 2.89. The Hall–Kier alpha value is 0.310. The Morgan fingerprint density at radius 2 is 2.23 bits per heavy atom. The molecule has 0 aliphatic heterocycles. The van der Waals surface area contributed by atoms with E-state index in [1.54, 1.807) is 0 Å². The summed E-state index contributed by atoms with van der Waals surface area (Å²) in [5.41, 5.74) is 0. The minimum atomic E-state index is 0.799.